The van der Waals surface area contributed by atoms with Gasteiger partial charge in [-0.15, -0.1) is 0 Å². The van der Waals surface area contributed by atoms with Crippen LogP contribution in [-0.2, 0) is 9.59 Å². The maximum absolute atomic E-state index is 13.0. The van der Waals surface area contributed by atoms with E-state index >= 15 is 0 Å². The van der Waals surface area contributed by atoms with Crippen molar-refractivity contribution in [2.24, 2.45) is 0 Å². The fourth-order valence-electron chi connectivity index (χ4n) is 3.56. The van der Waals surface area contributed by atoms with Gasteiger partial charge in [0.05, 0.1) is 25.8 Å². The second-order valence-electron chi connectivity index (χ2n) is 7.27. The van der Waals surface area contributed by atoms with Gasteiger partial charge < -0.3 is 24.4 Å². The quantitative estimate of drug-likeness (QED) is 0.430. The molecule has 0 spiro atoms. The first-order valence-electron chi connectivity index (χ1n) is 9.59. The number of aliphatic hydroxyl groups excluding tert-OH is 1. The topological polar surface area (TPSA) is 79.3 Å². The van der Waals surface area contributed by atoms with Crippen LogP contribution in [0.5, 0.6) is 11.5 Å². The molecular weight excluding hydrogens is 384 g/mol. The number of Topliss-reactive ketones (excluding diaryl/α,β-unsaturated/α-hetero) is 1. The highest BCUT2D eigenvalue weighted by Crippen LogP contribution is 2.42. The average molecular weight is 410 g/mol. The van der Waals surface area contributed by atoms with Crippen molar-refractivity contribution in [3.63, 3.8) is 0 Å². The number of amides is 1. The van der Waals surface area contributed by atoms with Crippen LogP contribution in [0.1, 0.15) is 17.2 Å². The average Bonchev–Trinajstić information content (AvgIpc) is 3.01. The van der Waals surface area contributed by atoms with Gasteiger partial charge in [-0.05, 0) is 32.3 Å². The Bertz CT molecular complexity index is 983. The first-order valence-corrected chi connectivity index (χ1v) is 9.59. The molecule has 1 N–H and O–H groups in total. The summed E-state index contributed by atoms with van der Waals surface area (Å²) in [5, 5.41) is 11.1. The highest BCUT2D eigenvalue weighted by Gasteiger charge is 2.46. The first-order chi connectivity index (χ1) is 14.4. The van der Waals surface area contributed by atoms with Crippen LogP contribution < -0.4 is 9.47 Å². The van der Waals surface area contributed by atoms with E-state index in [1.165, 1.54) is 19.1 Å². The van der Waals surface area contributed by atoms with E-state index in [-0.39, 0.29) is 11.3 Å². The smallest absolute Gasteiger partial charge is 0.295 e. The molecule has 3 rings (SSSR count). The number of carbonyl (C=O) groups is 2. The first kappa shape index (κ1) is 21.4. The standard InChI is InChI=1S/C23H26N2O5/c1-24(2)12-13-25-20(17-10-5-6-11-18(17)30-4)19(22(27)23(25)28)21(26)15-8-7-9-16(14-15)29-3/h5-11,14,20,26H,12-13H2,1-4H3/t20-/m1/s1. The Labute approximate surface area is 176 Å². The fraction of sp³-hybridized carbons (Fsp3) is 0.304. The summed E-state index contributed by atoms with van der Waals surface area (Å²) in [6.45, 7) is 0.896. The van der Waals surface area contributed by atoms with E-state index in [1.807, 2.05) is 31.1 Å². The predicted molar refractivity (Wildman–Crippen MR) is 114 cm³/mol. The summed E-state index contributed by atoms with van der Waals surface area (Å²) in [6, 6.07) is 13.2. The zero-order valence-corrected chi connectivity index (χ0v) is 17.6. The van der Waals surface area contributed by atoms with Crippen molar-refractivity contribution in [2.45, 2.75) is 6.04 Å². The van der Waals surface area contributed by atoms with Crippen molar-refractivity contribution < 1.29 is 24.2 Å². The van der Waals surface area contributed by atoms with Crippen molar-refractivity contribution in [1.29, 1.82) is 0 Å². The Hall–Kier alpha value is -3.32. The van der Waals surface area contributed by atoms with E-state index in [1.54, 1.807) is 36.4 Å². The van der Waals surface area contributed by atoms with Gasteiger partial charge in [0.15, 0.2) is 0 Å². The molecule has 2 aromatic rings. The van der Waals surface area contributed by atoms with Crippen LogP contribution >= 0.6 is 0 Å². The molecule has 1 saturated heterocycles. The number of benzene rings is 2. The van der Waals surface area contributed by atoms with E-state index in [4.69, 9.17) is 9.47 Å². The Kier molecular flexibility index (Phi) is 6.42. The summed E-state index contributed by atoms with van der Waals surface area (Å²) in [7, 11) is 6.84. The maximum Gasteiger partial charge on any atom is 0.295 e. The summed E-state index contributed by atoms with van der Waals surface area (Å²) in [5.74, 6) is -0.525. The maximum atomic E-state index is 13.0. The molecule has 1 atom stereocenters. The van der Waals surface area contributed by atoms with Crippen molar-refractivity contribution in [1.82, 2.24) is 9.80 Å². The molecule has 1 amide bonds. The number of nitrogens with zero attached hydrogens (tertiary/aromatic N) is 2. The summed E-state index contributed by atoms with van der Waals surface area (Å²) in [6.07, 6.45) is 0. The lowest BCUT2D eigenvalue weighted by molar-refractivity contribution is -0.140. The Balaban J connectivity index is 2.20. The van der Waals surface area contributed by atoms with Gasteiger partial charge in [-0.1, -0.05) is 30.3 Å². The number of methoxy groups -OCH3 is 2. The molecule has 1 fully saturated rings. The number of aliphatic hydroxyl groups is 1. The summed E-state index contributed by atoms with van der Waals surface area (Å²) >= 11 is 0. The van der Waals surface area contributed by atoms with E-state index < -0.39 is 17.7 Å². The molecule has 1 aliphatic heterocycles. The van der Waals surface area contributed by atoms with Crippen molar-refractivity contribution in [3.05, 3.63) is 65.2 Å². The third-order valence-electron chi connectivity index (χ3n) is 5.10. The van der Waals surface area contributed by atoms with Gasteiger partial charge in [0.25, 0.3) is 11.7 Å². The molecular formula is C23H26N2O5. The van der Waals surface area contributed by atoms with Gasteiger partial charge in [-0.2, -0.15) is 0 Å². The van der Waals surface area contributed by atoms with Crippen LogP contribution in [0.2, 0.25) is 0 Å². The molecule has 0 aromatic heterocycles. The highest BCUT2D eigenvalue weighted by molar-refractivity contribution is 6.46. The molecule has 0 bridgehead atoms. The minimum atomic E-state index is -0.757. The lowest BCUT2D eigenvalue weighted by atomic mass is 9.94. The van der Waals surface area contributed by atoms with Gasteiger partial charge in [-0.25, -0.2) is 0 Å². The molecule has 7 heteroatoms. The highest BCUT2D eigenvalue weighted by atomic mass is 16.5. The molecule has 0 unspecified atom stereocenters. The minimum absolute atomic E-state index is 0.0384. The van der Waals surface area contributed by atoms with Crippen LogP contribution in [0.4, 0.5) is 0 Å². The molecule has 0 saturated carbocycles. The predicted octanol–water partition coefficient (Wildman–Crippen LogP) is 2.69. The molecule has 0 radical (unpaired) electrons. The molecule has 1 aliphatic rings. The zero-order chi connectivity index (χ0) is 21.8. The van der Waals surface area contributed by atoms with Crippen molar-refractivity contribution >= 4 is 17.4 Å². The van der Waals surface area contributed by atoms with E-state index in [9.17, 15) is 14.7 Å². The number of likely N-dealkylation sites (N-methyl/N-ethyl adjacent to an activating group) is 1. The van der Waals surface area contributed by atoms with Gasteiger partial charge in [0.2, 0.25) is 0 Å². The molecule has 158 valence electrons. The van der Waals surface area contributed by atoms with E-state index in [0.717, 1.165) is 0 Å². The molecule has 2 aromatic carbocycles. The molecule has 7 nitrogen and oxygen atoms in total. The Morgan fingerprint density at radius 1 is 1.07 bits per heavy atom. The number of para-hydroxylation sites is 1. The summed E-state index contributed by atoms with van der Waals surface area (Å²) in [5.41, 5.74) is 1.08. The Morgan fingerprint density at radius 3 is 2.47 bits per heavy atom. The lowest BCUT2D eigenvalue weighted by Gasteiger charge is -2.27. The second kappa shape index (κ2) is 9.00. The van der Waals surface area contributed by atoms with Crippen LogP contribution in [0.15, 0.2) is 54.1 Å². The number of ketones is 1. The fourth-order valence-corrected chi connectivity index (χ4v) is 3.56. The summed E-state index contributed by atoms with van der Waals surface area (Å²) < 4.78 is 10.7. The number of hydrogen-bond acceptors (Lipinski definition) is 6. The SMILES string of the molecule is COc1cccc(C(O)=C2C(=O)C(=O)N(CCN(C)C)[C@@H]2c2ccccc2OC)c1. The van der Waals surface area contributed by atoms with Gasteiger partial charge >= 0.3 is 0 Å². The third-order valence-corrected chi connectivity index (χ3v) is 5.10. The van der Waals surface area contributed by atoms with E-state index in [2.05, 4.69) is 0 Å². The minimum Gasteiger partial charge on any atom is -0.507 e. The number of ether oxygens (including phenoxy) is 2. The second-order valence-corrected chi connectivity index (χ2v) is 7.27. The number of rotatable bonds is 7. The zero-order valence-electron chi connectivity index (χ0n) is 17.6. The normalized spacial score (nSPS) is 18.2. The molecule has 1 heterocycles. The molecule has 0 aliphatic carbocycles. The van der Waals surface area contributed by atoms with Gasteiger partial charge in [-0.3, -0.25) is 9.59 Å². The van der Waals surface area contributed by atoms with Gasteiger partial charge in [0.1, 0.15) is 17.3 Å². The Morgan fingerprint density at radius 2 is 1.80 bits per heavy atom. The third kappa shape index (κ3) is 4.02. The van der Waals surface area contributed by atoms with E-state index in [0.29, 0.717) is 35.7 Å². The molecule has 30 heavy (non-hydrogen) atoms. The lowest BCUT2D eigenvalue weighted by Crippen LogP contribution is -2.35. The van der Waals surface area contributed by atoms with Crippen molar-refractivity contribution in [3.8, 4) is 11.5 Å². The van der Waals surface area contributed by atoms with Crippen molar-refractivity contribution in [2.75, 3.05) is 41.4 Å². The number of carbonyl (C=O) groups excluding carboxylic acids is 2. The number of likely N-dealkylation sites (tertiary alicyclic amines) is 1. The van der Waals surface area contributed by atoms with Crippen LogP contribution in [0.3, 0.4) is 0 Å². The largest absolute Gasteiger partial charge is 0.507 e. The van der Waals surface area contributed by atoms with Gasteiger partial charge in [0, 0.05) is 24.2 Å². The van der Waals surface area contributed by atoms with Crippen LogP contribution in [0.25, 0.3) is 5.76 Å². The number of hydrogen-bond donors (Lipinski definition) is 1. The summed E-state index contributed by atoms with van der Waals surface area (Å²) in [4.78, 5) is 29.4. The van der Waals surface area contributed by atoms with Crippen LogP contribution in [-0.4, -0.2) is 68.0 Å². The monoisotopic (exact) mass is 410 g/mol. The van der Waals surface area contributed by atoms with Crippen LogP contribution in [0, 0.1) is 0 Å².